The summed E-state index contributed by atoms with van der Waals surface area (Å²) in [5, 5.41) is 3.32. The van der Waals surface area contributed by atoms with Crippen molar-refractivity contribution in [3.05, 3.63) is 89.7 Å². The topological polar surface area (TPSA) is 45.2 Å². The molecule has 1 heterocycles. The van der Waals surface area contributed by atoms with Gasteiger partial charge in [0.2, 0.25) is 0 Å². The number of carbonyl (C=O) groups is 1. The number of para-hydroxylation sites is 1. The summed E-state index contributed by atoms with van der Waals surface area (Å²) in [6.07, 6.45) is 1.69. The first-order chi connectivity index (χ1) is 12.1. The number of benzene rings is 2. The molecule has 1 aromatic heterocycles. The number of pyridine rings is 1. The molecule has 0 spiro atoms. The molecule has 25 heavy (non-hydrogen) atoms. The van der Waals surface area contributed by atoms with E-state index in [-0.39, 0.29) is 5.91 Å². The van der Waals surface area contributed by atoms with Gasteiger partial charge in [-0.3, -0.25) is 4.79 Å². The summed E-state index contributed by atoms with van der Waals surface area (Å²) in [6.45, 7) is 2.61. The van der Waals surface area contributed by atoms with Crippen molar-refractivity contribution in [2.75, 3.05) is 12.4 Å². The summed E-state index contributed by atoms with van der Waals surface area (Å²) in [7, 11) is 1.79. The van der Waals surface area contributed by atoms with Crippen molar-refractivity contribution in [1.29, 1.82) is 0 Å². The minimum atomic E-state index is -0.0914. The SMILES string of the molecule is Cc1ccccc1Nc1ccc(C(=O)N(C)Cc2ccccc2)nc1. The number of aryl methyl sites for hydroxylation is 1. The lowest BCUT2D eigenvalue weighted by Gasteiger charge is -2.17. The predicted octanol–water partition coefficient (Wildman–Crippen LogP) is 4.41. The molecule has 0 bridgehead atoms. The van der Waals surface area contributed by atoms with Gasteiger partial charge in [-0.1, -0.05) is 48.5 Å². The van der Waals surface area contributed by atoms with E-state index in [1.807, 2.05) is 67.6 Å². The van der Waals surface area contributed by atoms with E-state index < -0.39 is 0 Å². The summed E-state index contributed by atoms with van der Waals surface area (Å²) in [5.74, 6) is -0.0914. The highest BCUT2D eigenvalue weighted by Gasteiger charge is 2.13. The average Bonchev–Trinajstić information content (AvgIpc) is 2.64. The third-order valence-electron chi connectivity index (χ3n) is 4.02. The molecule has 0 aliphatic heterocycles. The Morgan fingerprint density at radius 2 is 1.72 bits per heavy atom. The van der Waals surface area contributed by atoms with Crippen LogP contribution in [-0.2, 0) is 6.54 Å². The van der Waals surface area contributed by atoms with Crippen molar-refractivity contribution in [1.82, 2.24) is 9.88 Å². The molecule has 1 amide bonds. The van der Waals surface area contributed by atoms with Crippen LogP contribution in [0.5, 0.6) is 0 Å². The first-order valence-corrected chi connectivity index (χ1v) is 8.21. The maximum Gasteiger partial charge on any atom is 0.272 e. The summed E-state index contributed by atoms with van der Waals surface area (Å²) in [5.41, 5.74) is 4.58. The third kappa shape index (κ3) is 4.23. The molecule has 4 heteroatoms. The monoisotopic (exact) mass is 331 g/mol. The zero-order valence-electron chi connectivity index (χ0n) is 14.4. The number of aromatic nitrogens is 1. The maximum absolute atomic E-state index is 12.5. The normalized spacial score (nSPS) is 10.3. The van der Waals surface area contributed by atoms with Crippen LogP contribution in [0.2, 0.25) is 0 Å². The smallest absolute Gasteiger partial charge is 0.272 e. The van der Waals surface area contributed by atoms with Crippen molar-refractivity contribution >= 4 is 17.3 Å². The van der Waals surface area contributed by atoms with Gasteiger partial charge in [-0.05, 0) is 36.2 Å². The Morgan fingerprint density at radius 1 is 1.00 bits per heavy atom. The van der Waals surface area contributed by atoms with Gasteiger partial charge in [0.15, 0.2) is 0 Å². The number of amides is 1. The summed E-state index contributed by atoms with van der Waals surface area (Å²) in [6, 6.07) is 21.6. The van der Waals surface area contributed by atoms with Gasteiger partial charge in [0.1, 0.15) is 5.69 Å². The molecule has 4 nitrogen and oxygen atoms in total. The molecule has 2 aromatic carbocycles. The van der Waals surface area contributed by atoms with Crippen molar-refractivity contribution in [3.8, 4) is 0 Å². The van der Waals surface area contributed by atoms with Crippen molar-refractivity contribution < 1.29 is 4.79 Å². The van der Waals surface area contributed by atoms with Gasteiger partial charge >= 0.3 is 0 Å². The van der Waals surface area contributed by atoms with Crippen LogP contribution in [0.3, 0.4) is 0 Å². The van der Waals surface area contributed by atoms with E-state index in [1.165, 1.54) is 0 Å². The highest BCUT2D eigenvalue weighted by atomic mass is 16.2. The predicted molar refractivity (Wildman–Crippen MR) is 101 cm³/mol. The number of carbonyl (C=O) groups excluding carboxylic acids is 1. The van der Waals surface area contributed by atoms with Gasteiger partial charge in [-0.25, -0.2) is 4.98 Å². The van der Waals surface area contributed by atoms with Gasteiger partial charge in [0, 0.05) is 19.3 Å². The van der Waals surface area contributed by atoms with Crippen molar-refractivity contribution in [2.24, 2.45) is 0 Å². The molecule has 0 aliphatic carbocycles. The van der Waals surface area contributed by atoms with E-state index in [0.29, 0.717) is 12.2 Å². The molecule has 0 saturated carbocycles. The van der Waals surface area contributed by atoms with Gasteiger partial charge in [0.05, 0.1) is 11.9 Å². The van der Waals surface area contributed by atoms with E-state index in [0.717, 1.165) is 22.5 Å². The molecule has 0 saturated heterocycles. The lowest BCUT2D eigenvalue weighted by atomic mass is 10.2. The standard InChI is InChI=1S/C21H21N3O/c1-16-8-6-7-11-19(16)23-18-12-13-20(22-14-18)21(25)24(2)15-17-9-4-3-5-10-17/h3-14,23H,15H2,1-2H3. The molecule has 0 fully saturated rings. The van der Waals surface area contributed by atoms with Crippen molar-refractivity contribution in [2.45, 2.75) is 13.5 Å². The Hall–Kier alpha value is -3.14. The zero-order chi connectivity index (χ0) is 17.6. The number of hydrogen-bond donors (Lipinski definition) is 1. The molecule has 0 unspecified atom stereocenters. The molecule has 0 aliphatic rings. The first-order valence-electron chi connectivity index (χ1n) is 8.21. The highest BCUT2D eigenvalue weighted by molar-refractivity contribution is 5.92. The second-order valence-electron chi connectivity index (χ2n) is 6.02. The van der Waals surface area contributed by atoms with E-state index in [2.05, 4.69) is 10.3 Å². The molecule has 0 atom stereocenters. The van der Waals surface area contributed by atoms with Crippen molar-refractivity contribution in [3.63, 3.8) is 0 Å². The van der Waals surface area contributed by atoms with Gasteiger partial charge in [-0.15, -0.1) is 0 Å². The largest absolute Gasteiger partial charge is 0.354 e. The van der Waals surface area contributed by atoms with Crippen LogP contribution in [0.1, 0.15) is 21.6 Å². The Bertz CT molecular complexity index is 845. The Morgan fingerprint density at radius 3 is 2.40 bits per heavy atom. The molecular formula is C21H21N3O. The Balaban J connectivity index is 1.67. The van der Waals surface area contributed by atoms with E-state index in [1.54, 1.807) is 24.2 Å². The molecule has 3 rings (SSSR count). The molecule has 3 aromatic rings. The van der Waals surface area contributed by atoms with Crippen LogP contribution in [0.4, 0.5) is 11.4 Å². The number of nitrogens with zero attached hydrogens (tertiary/aromatic N) is 2. The minimum Gasteiger partial charge on any atom is -0.354 e. The lowest BCUT2D eigenvalue weighted by molar-refractivity contribution is 0.0779. The number of rotatable bonds is 5. The van der Waals surface area contributed by atoms with Crippen LogP contribution >= 0.6 is 0 Å². The molecule has 126 valence electrons. The number of nitrogens with one attached hydrogen (secondary N) is 1. The second kappa shape index (κ2) is 7.62. The lowest BCUT2D eigenvalue weighted by Crippen LogP contribution is -2.26. The summed E-state index contributed by atoms with van der Waals surface area (Å²) >= 11 is 0. The first kappa shape index (κ1) is 16.7. The van der Waals surface area contributed by atoms with Gasteiger partial charge < -0.3 is 10.2 Å². The molecule has 0 radical (unpaired) electrons. The fourth-order valence-corrected chi connectivity index (χ4v) is 2.59. The van der Waals surface area contributed by atoms with Crippen LogP contribution in [-0.4, -0.2) is 22.8 Å². The third-order valence-corrected chi connectivity index (χ3v) is 4.02. The average molecular weight is 331 g/mol. The minimum absolute atomic E-state index is 0.0914. The fraction of sp³-hybridized carbons (Fsp3) is 0.143. The highest BCUT2D eigenvalue weighted by Crippen LogP contribution is 2.19. The number of anilines is 2. The van der Waals surface area contributed by atoms with Gasteiger partial charge in [-0.2, -0.15) is 0 Å². The van der Waals surface area contributed by atoms with Crippen LogP contribution in [0.15, 0.2) is 72.9 Å². The molecule has 1 N–H and O–H groups in total. The zero-order valence-corrected chi connectivity index (χ0v) is 14.4. The Kier molecular flexibility index (Phi) is 5.09. The maximum atomic E-state index is 12.5. The van der Waals surface area contributed by atoms with Crippen LogP contribution in [0.25, 0.3) is 0 Å². The quantitative estimate of drug-likeness (QED) is 0.753. The number of hydrogen-bond acceptors (Lipinski definition) is 3. The van der Waals surface area contributed by atoms with E-state index in [9.17, 15) is 4.79 Å². The van der Waals surface area contributed by atoms with E-state index in [4.69, 9.17) is 0 Å². The van der Waals surface area contributed by atoms with E-state index >= 15 is 0 Å². The summed E-state index contributed by atoms with van der Waals surface area (Å²) in [4.78, 5) is 18.5. The fourth-order valence-electron chi connectivity index (χ4n) is 2.59. The van der Waals surface area contributed by atoms with Gasteiger partial charge in [0.25, 0.3) is 5.91 Å². The molecular weight excluding hydrogens is 310 g/mol. The van der Waals surface area contributed by atoms with Crippen LogP contribution in [0, 0.1) is 6.92 Å². The summed E-state index contributed by atoms with van der Waals surface area (Å²) < 4.78 is 0. The van der Waals surface area contributed by atoms with Crippen LogP contribution < -0.4 is 5.32 Å². The Labute approximate surface area is 148 Å². The second-order valence-corrected chi connectivity index (χ2v) is 6.02.